The number of aromatic nitrogens is 2. The summed E-state index contributed by atoms with van der Waals surface area (Å²) in [5.41, 5.74) is 2.27. The Hall–Kier alpha value is -2.31. The Bertz CT molecular complexity index is 951. The molecule has 0 atom stereocenters. The maximum Gasteiger partial charge on any atom is 0.263 e. The van der Waals surface area contributed by atoms with E-state index in [0.717, 1.165) is 11.1 Å². The van der Waals surface area contributed by atoms with Crippen LogP contribution in [0.3, 0.4) is 0 Å². The highest BCUT2D eigenvalue weighted by Crippen LogP contribution is 2.29. The monoisotopic (exact) mass is 347 g/mol. The summed E-state index contributed by atoms with van der Waals surface area (Å²) in [6, 6.07) is 13.8. The fourth-order valence-corrected chi connectivity index (χ4v) is 3.55. The number of nitrogens with zero attached hydrogens (tertiary/aromatic N) is 1. The van der Waals surface area contributed by atoms with Crippen LogP contribution in [-0.4, -0.2) is 18.6 Å². The molecule has 1 heterocycles. The minimum atomic E-state index is -3.70. The Morgan fingerprint density at radius 2 is 1.91 bits per heavy atom. The van der Waals surface area contributed by atoms with E-state index in [1.54, 1.807) is 42.6 Å². The number of nitrogens with one attached hydrogen (secondary N) is 2. The number of H-pyrrole nitrogens is 1. The second-order valence-corrected chi connectivity index (χ2v) is 7.21. The number of hydrogen-bond acceptors (Lipinski definition) is 3. The van der Waals surface area contributed by atoms with Crippen molar-refractivity contribution >= 4 is 27.4 Å². The van der Waals surface area contributed by atoms with Gasteiger partial charge in [0.15, 0.2) is 0 Å². The average Bonchev–Trinajstić information content (AvgIpc) is 2.94. The molecule has 0 unspecified atom stereocenters. The minimum absolute atomic E-state index is 0.198. The number of anilines is 1. The topological polar surface area (TPSA) is 74.8 Å². The number of aryl methyl sites for hydroxylation is 1. The first-order valence-electron chi connectivity index (χ1n) is 6.84. The lowest BCUT2D eigenvalue weighted by atomic mass is 10.1. The van der Waals surface area contributed by atoms with Gasteiger partial charge in [-0.15, -0.1) is 0 Å². The van der Waals surface area contributed by atoms with Crippen molar-refractivity contribution in [2.75, 3.05) is 4.72 Å². The van der Waals surface area contributed by atoms with Gasteiger partial charge in [0.25, 0.3) is 10.0 Å². The van der Waals surface area contributed by atoms with Crippen molar-refractivity contribution in [2.45, 2.75) is 11.8 Å². The number of hydrogen-bond donors (Lipinski definition) is 2. The zero-order valence-corrected chi connectivity index (χ0v) is 13.8. The molecular weight excluding hydrogens is 334 g/mol. The molecule has 7 heteroatoms. The zero-order chi connectivity index (χ0) is 16.4. The van der Waals surface area contributed by atoms with E-state index in [-0.39, 0.29) is 4.90 Å². The summed E-state index contributed by atoms with van der Waals surface area (Å²) in [5, 5.41) is 7.18. The Morgan fingerprint density at radius 1 is 1.13 bits per heavy atom. The van der Waals surface area contributed by atoms with Gasteiger partial charge in [0.05, 0.1) is 11.1 Å². The molecular formula is C16H14ClN3O2S. The number of sulfonamides is 1. The summed E-state index contributed by atoms with van der Waals surface area (Å²) in [5.74, 6) is 0.300. The van der Waals surface area contributed by atoms with Gasteiger partial charge in [-0.2, -0.15) is 5.10 Å². The molecule has 0 bridgehead atoms. The molecule has 0 amide bonds. The van der Waals surface area contributed by atoms with Crippen LogP contribution >= 0.6 is 11.6 Å². The summed E-state index contributed by atoms with van der Waals surface area (Å²) >= 11 is 5.99. The average molecular weight is 348 g/mol. The van der Waals surface area contributed by atoms with Crippen LogP contribution in [0.1, 0.15) is 5.56 Å². The van der Waals surface area contributed by atoms with Crippen LogP contribution in [0.4, 0.5) is 5.82 Å². The molecule has 0 aliphatic carbocycles. The van der Waals surface area contributed by atoms with E-state index >= 15 is 0 Å². The molecule has 3 aromatic rings. The Labute approximate surface area is 139 Å². The molecule has 0 aliphatic heterocycles. The molecule has 23 heavy (non-hydrogen) atoms. The maximum atomic E-state index is 12.5. The van der Waals surface area contributed by atoms with Crippen LogP contribution in [0.5, 0.6) is 0 Å². The van der Waals surface area contributed by atoms with Gasteiger partial charge < -0.3 is 0 Å². The third-order valence-electron chi connectivity index (χ3n) is 3.31. The van der Waals surface area contributed by atoms with Crippen molar-refractivity contribution in [2.24, 2.45) is 0 Å². The van der Waals surface area contributed by atoms with Crippen LogP contribution in [0.25, 0.3) is 11.1 Å². The number of benzene rings is 2. The molecule has 5 nitrogen and oxygen atoms in total. The van der Waals surface area contributed by atoms with Crippen molar-refractivity contribution in [1.29, 1.82) is 0 Å². The first-order chi connectivity index (χ1) is 11.0. The van der Waals surface area contributed by atoms with Gasteiger partial charge in [0.1, 0.15) is 5.82 Å². The fourth-order valence-electron chi connectivity index (χ4n) is 2.21. The second-order valence-electron chi connectivity index (χ2n) is 5.09. The lowest BCUT2D eigenvalue weighted by Gasteiger charge is -2.09. The molecule has 2 aromatic carbocycles. The van der Waals surface area contributed by atoms with E-state index in [1.165, 1.54) is 0 Å². The normalized spacial score (nSPS) is 11.4. The highest BCUT2D eigenvalue weighted by atomic mass is 35.5. The van der Waals surface area contributed by atoms with Gasteiger partial charge in [-0.05, 0) is 42.3 Å². The molecule has 3 rings (SSSR count). The first-order valence-corrected chi connectivity index (χ1v) is 8.70. The van der Waals surface area contributed by atoms with Crippen LogP contribution < -0.4 is 4.72 Å². The van der Waals surface area contributed by atoms with Crippen molar-refractivity contribution in [3.05, 3.63) is 65.3 Å². The van der Waals surface area contributed by atoms with Gasteiger partial charge >= 0.3 is 0 Å². The number of rotatable bonds is 4. The Kier molecular flexibility index (Phi) is 4.11. The van der Waals surface area contributed by atoms with Crippen molar-refractivity contribution < 1.29 is 8.42 Å². The molecule has 0 fully saturated rings. The third kappa shape index (κ3) is 3.38. The fraction of sp³-hybridized carbons (Fsp3) is 0.0625. The van der Waals surface area contributed by atoms with Gasteiger partial charge in [0, 0.05) is 10.6 Å². The van der Waals surface area contributed by atoms with E-state index in [2.05, 4.69) is 14.9 Å². The smallest absolute Gasteiger partial charge is 0.263 e. The molecule has 0 radical (unpaired) electrons. The summed E-state index contributed by atoms with van der Waals surface area (Å²) < 4.78 is 27.6. The Morgan fingerprint density at radius 3 is 2.65 bits per heavy atom. The summed E-state index contributed by atoms with van der Waals surface area (Å²) in [4.78, 5) is 0.198. The summed E-state index contributed by atoms with van der Waals surface area (Å²) in [6.07, 6.45) is 1.56. The van der Waals surface area contributed by atoms with E-state index in [1.807, 2.05) is 19.1 Å². The van der Waals surface area contributed by atoms with Crippen LogP contribution in [0.2, 0.25) is 5.02 Å². The van der Waals surface area contributed by atoms with Gasteiger partial charge in [-0.25, -0.2) is 8.42 Å². The van der Waals surface area contributed by atoms with Crippen LogP contribution in [0.15, 0.2) is 59.6 Å². The first kappa shape index (κ1) is 15.6. The molecule has 0 saturated carbocycles. The van der Waals surface area contributed by atoms with Crippen molar-refractivity contribution in [3.8, 4) is 11.1 Å². The van der Waals surface area contributed by atoms with Crippen LogP contribution in [-0.2, 0) is 10.0 Å². The predicted octanol–water partition coefficient (Wildman–Crippen LogP) is 3.84. The predicted molar refractivity (Wildman–Crippen MR) is 91.0 cm³/mol. The lowest BCUT2D eigenvalue weighted by Crippen LogP contribution is -2.14. The number of aromatic amines is 1. The largest absolute Gasteiger partial charge is 0.263 e. The van der Waals surface area contributed by atoms with Crippen LogP contribution in [0, 0.1) is 6.92 Å². The maximum absolute atomic E-state index is 12.5. The third-order valence-corrected chi connectivity index (χ3v) is 4.89. The van der Waals surface area contributed by atoms with E-state index < -0.39 is 10.0 Å². The molecule has 0 aliphatic rings. The minimum Gasteiger partial charge on any atom is -0.263 e. The quantitative estimate of drug-likeness (QED) is 0.753. The highest BCUT2D eigenvalue weighted by Gasteiger charge is 2.18. The summed E-state index contributed by atoms with van der Waals surface area (Å²) in [7, 11) is -3.70. The highest BCUT2D eigenvalue weighted by molar-refractivity contribution is 7.92. The Balaban J connectivity index is 1.97. The van der Waals surface area contributed by atoms with E-state index in [0.29, 0.717) is 16.4 Å². The lowest BCUT2D eigenvalue weighted by molar-refractivity contribution is 0.601. The van der Waals surface area contributed by atoms with Gasteiger partial charge in [-0.1, -0.05) is 35.9 Å². The van der Waals surface area contributed by atoms with Gasteiger partial charge in [0.2, 0.25) is 0 Å². The molecule has 0 saturated heterocycles. The zero-order valence-electron chi connectivity index (χ0n) is 12.2. The summed E-state index contributed by atoms with van der Waals surface area (Å²) in [6.45, 7) is 1.84. The molecule has 2 N–H and O–H groups in total. The number of halogens is 1. The van der Waals surface area contributed by atoms with Gasteiger partial charge in [-0.3, -0.25) is 9.82 Å². The molecule has 1 aromatic heterocycles. The molecule has 0 spiro atoms. The standard InChI is InChI=1S/C16H14ClN3O2S/c1-11-4-2-7-14(8-11)23(21,22)20-16-15(10-18-19-16)12-5-3-6-13(17)9-12/h2-10H,1H3,(H2,18,19,20). The van der Waals surface area contributed by atoms with Crippen molar-refractivity contribution in [1.82, 2.24) is 10.2 Å². The SMILES string of the molecule is Cc1cccc(S(=O)(=O)Nc2[nH]ncc2-c2cccc(Cl)c2)c1. The molecule has 118 valence electrons. The van der Waals surface area contributed by atoms with Crippen molar-refractivity contribution in [3.63, 3.8) is 0 Å². The van der Waals surface area contributed by atoms with E-state index in [9.17, 15) is 8.42 Å². The van der Waals surface area contributed by atoms with E-state index in [4.69, 9.17) is 11.6 Å². The second kappa shape index (κ2) is 6.06.